The Morgan fingerprint density at radius 2 is 1.88 bits per heavy atom. The molecule has 1 unspecified atom stereocenters. The van der Waals surface area contributed by atoms with Crippen molar-refractivity contribution in [2.75, 3.05) is 25.5 Å². The van der Waals surface area contributed by atoms with Crippen LogP contribution in [0.25, 0.3) is 6.08 Å². The molecule has 1 saturated heterocycles. The van der Waals surface area contributed by atoms with Gasteiger partial charge in [0.2, 0.25) is 6.35 Å². The Hall–Kier alpha value is -3.22. The lowest BCUT2D eigenvalue weighted by molar-refractivity contribution is -0.137. The van der Waals surface area contributed by atoms with Crippen LogP contribution in [-0.2, 0) is 16.1 Å². The van der Waals surface area contributed by atoms with E-state index in [0.717, 1.165) is 22.9 Å². The third kappa shape index (κ3) is 4.36. The summed E-state index contributed by atoms with van der Waals surface area (Å²) in [5.41, 5.74) is 2.12. The van der Waals surface area contributed by atoms with E-state index in [1.54, 1.807) is 24.0 Å². The van der Waals surface area contributed by atoms with Crippen LogP contribution in [0.4, 0.5) is 5.82 Å². The topological polar surface area (TPSA) is 119 Å². The van der Waals surface area contributed by atoms with E-state index in [2.05, 4.69) is 4.98 Å². The number of thiocarbonyl (C=S) groups is 1. The fourth-order valence-corrected chi connectivity index (χ4v) is 4.89. The van der Waals surface area contributed by atoms with Gasteiger partial charge in [-0.25, -0.2) is 4.98 Å². The number of thioether (sulfide) groups is 1. The molecule has 1 fully saturated rings. The van der Waals surface area contributed by atoms with Crippen molar-refractivity contribution in [2.45, 2.75) is 19.3 Å². The number of hydrogen-bond acceptors (Lipinski definition) is 8. The van der Waals surface area contributed by atoms with E-state index >= 15 is 0 Å². The monoisotopic (exact) mass is 487 g/mol. The van der Waals surface area contributed by atoms with Crippen molar-refractivity contribution < 1.29 is 24.6 Å². The third-order valence-electron chi connectivity index (χ3n) is 5.42. The molecule has 1 atom stereocenters. The lowest BCUT2D eigenvalue weighted by Gasteiger charge is -2.36. The molecular weight excluding hydrogens is 466 g/mol. The number of carbonyl (C=O) groups is 3. The van der Waals surface area contributed by atoms with Gasteiger partial charge >= 0.3 is 5.97 Å². The summed E-state index contributed by atoms with van der Waals surface area (Å²) in [7, 11) is 3.20. The van der Waals surface area contributed by atoms with Gasteiger partial charge in [0.15, 0.2) is 11.5 Å². The van der Waals surface area contributed by atoms with Crippen LogP contribution in [0.15, 0.2) is 35.5 Å². The number of hydrogen-bond donors (Lipinski definition) is 2. The van der Waals surface area contributed by atoms with Gasteiger partial charge in [-0.05, 0) is 17.2 Å². The van der Waals surface area contributed by atoms with Crippen LogP contribution in [0.5, 0.6) is 0 Å². The number of rotatable bonds is 6. The highest BCUT2D eigenvalue weighted by Gasteiger charge is 2.36. The molecular formula is C21H21N5O5S2. The van der Waals surface area contributed by atoms with Crippen LogP contribution in [0, 0.1) is 0 Å². The highest BCUT2D eigenvalue weighted by molar-refractivity contribution is 8.26. The molecule has 0 aliphatic carbocycles. The van der Waals surface area contributed by atoms with E-state index in [0.29, 0.717) is 27.3 Å². The molecule has 3 heterocycles. The normalized spacial score (nSPS) is 19.6. The summed E-state index contributed by atoms with van der Waals surface area (Å²) in [5, 5.41) is 19.0. The van der Waals surface area contributed by atoms with Gasteiger partial charge in [0, 0.05) is 27.2 Å². The third-order valence-corrected chi connectivity index (χ3v) is 6.80. The van der Waals surface area contributed by atoms with Gasteiger partial charge in [-0.1, -0.05) is 48.2 Å². The molecule has 33 heavy (non-hydrogen) atoms. The summed E-state index contributed by atoms with van der Waals surface area (Å²) >= 11 is 6.35. The quantitative estimate of drug-likeness (QED) is 0.460. The van der Waals surface area contributed by atoms with Gasteiger partial charge in [-0.2, -0.15) is 0 Å². The van der Waals surface area contributed by atoms with Crippen LogP contribution < -0.4 is 4.90 Å². The van der Waals surface area contributed by atoms with E-state index in [9.17, 15) is 19.5 Å². The average Bonchev–Trinajstić information content (AvgIpc) is 3.31. The van der Waals surface area contributed by atoms with Gasteiger partial charge in [0.05, 0.1) is 17.7 Å². The second-order valence-corrected chi connectivity index (χ2v) is 9.31. The van der Waals surface area contributed by atoms with Crippen molar-refractivity contribution in [3.63, 3.8) is 0 Å². The number of carbonyl (C=O) groups excluding carboxylic acids is 2. The van der Waals surface area contributed by atoms with Gasteiger partial charge < -0.3 is 19.7 Å². The Kier molecular flexibility index (Phi) is 6.23. The highest BCUT2D eigenvalue weighted by Crippen LogP contribution is 2.33. The minimum Gasteiger partial charge on any atom is -0.481 e. The summed E-state index contributed by atoms with van der Waals surface area (Å²) in [5.74, 6) is -1.17. The molecule has 0 bridgehead atoms. The Morgan fingerprint density at radius 3 is 2.55 bits per heavy atom. The molecule has 1 aromatic heterocycles. The van der Waals surface area contributed by atoms with Gasteiger partial charge in [-0.15, -0.1) is 0 Å². The predicted octanol–water partition coefficient (Wildman–Crippen LogP) is 1.41. The summed E-state index contributed by atoms with van der Waals surface area (Å²) < 4.78 is 2.08. The van der Waals surface area contributed by atoms with Crippen LogP contribution in [0.3, 0.4) is 0 Å². The SMILES string of the molecule is CN1C(=O)c2c(ncn2Cc2ccc(/C=C3\SC(=S)N(CCC(=O)O)C3=O)cc2)N(C)C1O. The number of aliphatic carboxylic acids is 1. The molecule has 0 saturated carbocycles. The second-order valence-electron chi connectivity index (χ2n) is 7.64. The molecule has 1 aromatic carbocycles. The molecule has 2 N–H and O–H groups in total. The van der Waals surface area contributed by atoms with Crippen molar-refractivity contribution in [1.29, 1.82) is 0 Å². The van der Waals surface area contributed by atoms with E-state index < -0.39 is 12.3 Å². The first-order chi connectivity index (χ1) is 15.7. The number of imidazole rings is 1. The fourth-order valence-electron chi connectivity index (χ4n) is 3.58. The summed E-state index contributed by atoms with van der Waals surface area (Å²) in [4.78, 5) is 44.8. The Bertz CT molecular complexity index is 1180. The Balaban J connectivity index is 1.49. The van der Waals surface area contributed by atoms with Gasteiger partial charge in [-0.3, -0.25) is 24.2 Å². The molecule has 0 radical (unpaired) electrons. The van der Waals surface area contributed by atoms with Crippen molar-refractivity contribution >= 4 is 58.0 Å². The number of nitrogens with zero attached hydrogens (tertiary/aromatic N) is 5. The van der Waals surface area contributed by atoms with E-state index in [1.807, 2.05) is 24.3 Å². The lowest BCUT2D eigenvalue weighted by atomic mass is 10.1. The summed E-state index contributed by atoms with van der Waals surface area (Å²) in [6, 6.07) is 7.48. The van der Waals surface area contributed by atoms with Gasteiger partial charge in [0.1, 0.15) is 4.32 Å². The molecule has 2 aliphatic rings. The first-order valence-electron chi connectivity index (χ1n) is 9.96. The molecule has 10 nitrogen and oxygen atoms in total. The molecule has 2 aromatic rings. The maximum atomic E-state index is 12.6. The van der Waals surface area contributed by atoms with Crippen molar-refractivity contribution in [1.82, 2.24) is 19.4 Å². The Morgan fingerprint density at radius 1 is 1.18 bits per heavy atom. The summed E-state index contributed by atoms with van der Waals surface area (Å²) in [6.07, 6.45) is 2.06. The van der Waals surface area contributed by atoms with E-state index in [1.165, 1.54) is 21.7 Å². The maximum absolute atomic E-state index is 12.6. The molecule has 172 valence electrons. The minimum atomic E-state index is -1.07. The zero-order chi connectivity index (χ0) is 23.9. The number of benzene rings is 1. The number of amides is 2. The van der Waals surface area contributed by atoms with Crippen molar-refractivity contribution in [3.8, 4) is 0 Å². The standard InChI is InChI=1S/C21H21N5O5S2/c1-23-17-16(19(30)24(2)20(23)31)25(11-22-17)10-13-5-3-12(4-6-13)9-14-18(29)26(21(32)33-14)8-7-15(27)28/h3-6,9,11,20,31H,7-8,10H2,1-2H3,(H,27,28)/b14-9-. The fraction of sp³-hybridized carbons (Fsp3) is 0.286. The first-order valence-corrected chi connectivity index (χ1v) is 11.2. The van der Waals surface area contributed by atoms with Crippen LogP contribution in [0.1, 0.15) is 28.0 Å². The van der Waals surface area contributed by atoms with Gasteiger partial charge in [0.25, 0.3) is 11.8 Å². The number of fused-ring (bicyclic) bond motifs is 1. The number of aliphatic hydroxyl groups is 1. The van der Waals surface area contributed by atoms with Crippen LogP contribution in [0.2, 0.25) is 0 Å². The molecule has 2 aliphatic heterocycles. The number of anilines is 1. The Labute approximate surface area is 199 Å². The largest absolute Gasteiger partial charge is 0.481 e. The number of carboxylic acid groups (broad SMARTS) is 1. The summed E-state index contributed by atoms with van der Waals surface area (Å²) in [6.45, 7) is 0.453. The second kappa shape index (κ2) is 8.96. The van der Waals surface area contributed by atoms with E-state index in [-0.39, 0.29) is 24.8 Å². The minimum absolute atomic E-state index is 0.0473. The average molecular weight is 488 g/mol. The molecule has 4 rings (SSSR count). The van der Waals surface area contributed by atoms with Crippen molar-refractivity contribution in [2.24, 2.45) is 0 Å². The first kappa shape index (κ1) is 23.0. The highest BCUT2D eigenvalue weighted by atomic mass is 32.2. The number of aromatic nitrogens is 2. The van der Waals surface area contributed by atoms with Crippen molar-refractivity contribution in [3.05, 3.63) is 52.3 Å². The predicted molar refractivity (Wildman–Crippen MR) is 126 cm³/mol. The molecule has 2 amide bonds. The smallest absolute Gasteiger partial charge is 0.305 e. The number of aliphatic hydroxyl groups excluding tert-OH is 1. The van der Waals surface area contributed by atoms with E-state index in [4.69, 9.17) is 17.3 Å². The van der Waals surface area contributed by atoms with Crippen LogP contribution in [-0.4, -0.2) is 78.7 Å². The zero-order valence-electron chi connectivity index (χ0n) is 17.8. The number of carboxylic acids is 1. The lowest BCUT2D eigenvalue weighted by Crippen LogP contribution is -2.52. The maximum Gasteiger partial charge on any atom is 0.305 e. The molecule has 12 heteroatoms. The zero-order valence-corrected chi connectivity index (χ0v) is 19.5. The molecule has 0 spiro atoms. The van der Waals surface area contributed by atoms with Crippen LogP contribution >= 0.6 is 24.0 Å².